The van der Waals surface area contributed by atoms with E-state index in [0.29, 0.717) is 36.1 Å². The van der Waals surface area contributed by atoms with Gasteiger partial charge in [-0.3, -0.25) is 4.79 Å². The van der Waals surface area contributed by atoms with Gasteiger partial charge < -0.3 is 24.6 Å². The van der Waals surface area contributed by atoms with Crippen molar-refractivity contribution in [3.63, 3.8) is 0 Å². The maximum absolute atomic E-state index is 11.8. The molecule has 0 aromatic heterocycles. The van der Waals surface area contributed by atoms with Crippen molar-refractivity contribution in [3.05, 3.63) is 23.8 Å². The fraction of sp³-hybridized carbons (Fsp3) is 0.500. The molecule has 6 heteroatoms. The second-order valence-electron chi connectivity index (χ2n) is 5.78. The number of ether oxygens (including phenoxy) is 3. The normalized spacial score (nSPS) is 15.2. The van der Waals surface area contributed by atoms with Gasteiger partial charge in [0.1, 0.15) is 0 Å². The quantitative estimate of drug-likeness (QED) is 0.675. The number of methoxy groups -OCH3 is 3. The van der Waals surface area contributed by atoms with E-state index >= 15 is 0 Å². The highest BCUT2D eigenvalue weighted by atomic mass is 16.5. The van der Waals surface area contributed by atoms with Crippen LogP contribution in [0.3, 0.4) is 0 Å². The topological polar surface area (TPSA) is 77.0 Å². The maximum Gasteiger partial charge on any atom is 0.244 e. The summed E-state index contributed by atoms with van der Waals surface area (Å²) in [6.07, 6.45) is 5.60. The Bertz CT molecular complexity index is 570. The molecule has 0 bridgehead atoms. The van der Waals surface area contributed by atoms with Gasteiger partial charge in [-0.05, 0) is 49.0 Å². The second-order valence-corrected chi connectivity index (χ2v) is 5.78. The van der Waals surface area contributed by atoms with Crippen LogP contribution in [0.4, 0.5) is 0 Å². The molecule has 0 spiro atoms. The van der Waals surface area contributed by atoms with E-state index in [1.54, 1.807) is 39.5 Å². The minimum Gasteiger partial charge on any atom is -0.493 e. The number of aliphatic hydroxyl groups is 1. The van der Waals surface area contributed by atoms with Crippen LogP contribution in [0.25, 0.3) is 6.08 Å². The highest BCUT2D eigenvalue weighted by Crippen LogP contribution is 2.38. The molecule has 6 nitrogen and oxygen atoms in total. The molecule has 24 heavy (non-hydrogen) atoms. The molecule has 1 saturated carbocycles. The first-order chi connectivity index (χ1) is 11.6. The molecular weight excluding hydrogens is 310 g/mol. The standard InChI is InChI=1S/C18H25NO5/c1-22-15-10-12(11-16(23-2)18(15)24-3)4-7-17(21)19-9-8-14(20)13-5-6-13/h4,7,10-11,13-14,20H,5-6,8-9H2,1-3H3,(H,19,21)/b7-4+/t14-/m0/s1. The smallest absolute Gasteiger partial charge is 0.244 e. The summed E-state index contributed by atoms with van der Waals surface area (Å²) in [6.45, 7) is 0.468. The lowest BCUT2D eigenvalue weighted by Gasteiger charge is -2.12. The van der Waals surface area contributed by atoms with Gasteiger partial charge in [-0.15, -0.1) is 0 Å². The van der Waals surface area contributed by atoms with Crippen molar-refractivity contribution < 1.29 is 24.1 Å². The summed E-state index contributed by atoms with van der Waals surface area (Å²) in [6, 6.07) is 3.53. The lowest BCUT2D eigenvalue weighted by Crippen LogP contribution is -2.26. The summed E-state index contributed by atoms with van der Waals surface area (Å²) >= 11 is 0. The molecule has 2 rings (SSSR count). The van der Waals surface area contributed by atoms with E-state index in [9.17, 15) is 9.90 Å². The summed E-state index contributed by atoms with van der Waals surface area (Å²) in [4.78, 5) is 11.8. The zero-order chi connectivity index (χ0) is 17.5. The number of rotatable bonds is 9. The van der Waals surface area contributed by atoms with Gasteiger partial charge >= 0.3 is 0 Å². The fourth-order valence-corrected chi connectivity index (χ4v) is 2.49. The minimum absolute atomic E-state index is 0.202. The molecule has 0 saturated heterocycles. The molecule has 1 fully saturated rings. The number of hydrogen-bond donors (Lipinski definition) is 2. The Morgan fingerprint density at radius 3 is 2.38 bits per heavy atom. The van der Waals surface area contributed by atoms with Crippen molar-refractivity contribution in [2.24, 2.45) is 5.92 Å². The Morgan fingerprint density at radius 2 is 1.88 bits per heavy atom. The minimum atomic E-state index is -0.301. The van der Waals surface area contributed by atoms with Crippen molar-refractivity contribution in [1.29, 1.82) is 0 Å². The molecule has 1 amide bonds. The van der Waals surface area contributed by atoms with E-state index in [-0.39, 0.29) is 12.0 Å². The van der Waals surface area contributed by atoms with Crippen LogP contribution >= 0.6 is 0 Å². The summed E-state index contributed by atoms with van der Waals surface area (Å²) < 4.78 is 15.8. The first-order valence-corrected chi connectivity index (χ1v) is 8.03. The molecule has 2 N–H and O–H groups in total. The Morgan fingerprint density at radius 1 is 1.25 bits per heavy atom. The number of hydrogen-bond acceptors (Lipinski definition) is 5. The van der Waals surface area contributed by atoms with E-state index < -0.39 is 0 Å². The van der Waals surface area contributed by atoms with Crippen molar-refractivity contribution in [1.82, 2.24) is 5.32 Å². The van der Waals surface area contributed by atoms with Crippen LogP contribution in [0.2, 0.25) is 0 Å². The average Bonchev–Trinajstić information content (AvgIpc) is 3.43. The molecular formula is C18H25NO5. The molecule has 0 aliphatic heterocycles. The van der Waals surface area contributed by atoms with Gasteiger partial charge in [0, 0.05) is 12.6 Å². The zero-order valence-corrected chi connectivity index (χ0v) is 14.4. The fourth-order valence-electron chi connectivity index (χ4n) is 2.49. The van der Waals surface area contributed by atoms with Crippen LogP contribution < -0.4 is 19.5 Å². The van der Waals surface area contributed by atoms with E-state index in [4.69, 9.17) is 14.2 Å². The van der Waals surface area contributed by atoms with E-state index in [1.165, 1.54) is 6.08 Å². The van der Waals surface area contributed by atoms with Crippen LogP contribution in [0.1, 0.15) is 24.8 Å². The molecule has 0 unspecified atom stereocenters. The molecule has 1 atom stereocenters. The molecule has 0 heterocycles. The van der Waals surface area contributed by atoms with Crippen LogP contribution in [-0.4, -0.2) is 45.0 Å². The third-order valence-electron chi connectivity index (χ3n) is 4.02. The number of amides is 1. The van der Waals surface area contributed by atoms with Crippen LogP contribution in [0.15, 0.2) is 18.2 Å². The summed E-state index contributed by atoms with van der Waals surface area (Å²) in [5, 5.41) is 12.5. The Hall–Kier alpha value is -2.21. The van der Waals surface area contributed by atoms with Gasteiger partial charge in [-0.1, -0.05) is 0 Å². The molecule has 0 radical (unpaired) electrons. The molecule has 132 valence electrons. The number of benzene rings is 1. The highest BCUT2D eigenvalue weighted by molar-refractivity contribution is 5.91. The second kappa shape index (κ2) is 8.59. The predicted octanol–water partition coefficient (Wildman–Crippen LogP) is 2.00. The third-order valence-corrected chi connectivity index (χ3v) is 4.02. The van der Waals surface area contributed by atoms with Gasteiger partial charge in [0.15, 0.2) is 11.5 Å². The van der Waals surface area contributed by atoms with Crippen LogP contribution in [-0.2, 0) is 4.79 Å². The molecule has 1 aliphatic carbocycles. The van der Waals surface area contributed by atoms with Gasteiger partial charge in [0.05, 0.1) is 27.4 Å². The molecule has 1 aromatic carbocycles. The summed E-state index contributed by atoms with van der Waals surface area (Å²) in [5.41, 5.74) is 0.762. The molecule has 1 aromatic rings. The van der Waals surface area contributed by atoms with Gasteiger partial charge in [0.25, 0.3) is 0 Å². The van der Waals surface area contributed by atoms with E-state index in [0.717, 1.165) is 18.4 Å². The van der Waals surface area contributed by atoms with E-state index in [1.807, 2.05) is 0 Å². The Kier molecular flexibility index (Phi) is 6.49. The first kappa shape index (κ1) is 18.1. The highest BCUT2D eigenvalue weighted by Gasteiger charge is 2.29. The Balaban J connectivity index is 1.93. The lowest BCUT2D eigenvalue weighted by atomic mass is 10.1. The van der Waals surface area contributed by atoms with Crippen molar-refractivity contribution >= 4 is 12.0 Å². The average molecular weight is 335 g/mol. The predicted molar refractivity (Wildman–Crippen MR) is 91.5 cm³/mol. The summed E-state index contributed by atoms with van der Waals surface area (Å²) in [5.74, 6) is 1.80. The van der Waals surface area contributed by atoms with Crippen molar-refractivity contribution in [3.8, 4) is 17.2 Å². The van der Waals surface area contributed by atoms with Crippen LogP contribution in [0.5, 0.6) is 17.2 Å². The third kappa shape index (κ3) is 4.89. The monoisotopic (exact) mass is 335 g/mol. The number of aliphatic hydroxyl groups excluding tert-OH is 1. The van der Waals surface area contributed by atoms with Gasteiger partial charge in [-0.25, -0.2) is 0 Å². The van der Waals surface area contributed by atoms with Gasteiger partial charge in [-0.2, -0.15) is 0 Å². The number of carbonyl (C=O) groups is 1. The van der Waals surface area contributed by atoms with Gasteiger partial charge in [0.2, 0.25) is 11.7 Å². The van der Waals surface area contributed by atoms with Crippen LogP contribution in [0, 0.1) is 5.92 Å². The number of carbonyl (C=O) groups excluding carboxylic acids is 1. The largest absolute Gasteiger partial charge is 0.493 e. The lowest BCUT2D eigenvalue weighted by molar-refractivity contribution is -0.116. The first-order valence-electron chi connectivity index (χ1n) is 8.03. The molecule has 1 aliphatic rings. The maximum atomic E-state index is 11.8. The SMILES string of the molecule is COc1cc(/C=C/C(=O)NCC[C@H](O)C2CC2)cc(OC)c1OC. The zero-order valence-electron chi connectivity index (χ0n) is 14.4. The Labute approximate surface area is 142 Å². The van der Waals surface area contributed by atoms with E-state index in [2.05, 4.69) is 5.32 Å². The summed E-state index contributed by atoms with van der Waals surface area (Å²) in [7, 11) is 4.63. The van der Waals surface area contributed by atoms with Crippen molar-refractivity contribution in [2.45, 2.75) is 25.4 Å². The van der Waals surface area contributed by atoms with Crippen molar-refractivity contribution in [2.75, 3.05) is 27.9 Å². The number of nitrogens with one attached hydrogen (secondary N) is 1.